The van der Waals surface area contributed by atoms with Gasteiger partial charge in [0.05, 0.1) is 0 Å². The predicted octanol–water partition coefficient (Wildman–Crippen LogP) is 1.88. The molecule has 0 spiro atoms. The van der Waals surface area contributed by atoms with Crippen LogP contribution in [-0.4, -0.2) is 9.55 Å². The molecular weight excluding hydrogens is 136 g/mol. The Bertz CT molecular complexity index is 470. The number of hydrogen-bond acceptors (Lipinski definition) is 1. The Morgan fingerprint density at radius 2 is 2.45 bits per heavy atom. The third-order valence-electron chi connectivity index (χ3n) is 1.81. The maximum atomic E-state index is 7.30. The van der Waals surface area contributed by atoms with Crippen LogP contribution in [0.5, 0.6) is 0 Å². The normalized spacial score (nSPS) is 15.9. The number of rotatable bonds is 0. The summed E-state index contributed by atoms with van der Waals surface area (Å²) in [6.45, 7) is -0.212. The van der Waals surface area contributed by atoms with Gasteiger partial charge in [-0.05, 0) is 24.6 Å². The van der Waals surface area contributed by atoms with Crippen molar-refractivity contribution >= 4 is 11.0 Å². The van der Waals surface area contributed by atoms with Gasteiger partial charge in [-0.25, -0.2) is 4.98 Å². The first-order chi connectivity index (χ1) is 6.50. The van der Waals surface area contributed by atoms with Crippen molar-refractivity contribution in [2.75, 3.05) is 0 Å². The number of pyridine rings is 1. The zero-order chi connectivity index (χ0) is 10.3. The van der Waals surface area contributed by atoms with Crippen LogP contribution in [0.3, 0.4) is 0 Å². The van der Waals surface area contributed by atoms with Crippen molar-refractivity contribution in [1.29, 1.82) is 0 Å². The number of aromatic nitrogens is 2. The van der Waals surface area contributed by atoms with Gasteiger partial charge >= 0.3 is 0 Å². The van der Waals surface area contributed by atoms with E-state index in [2.05, 4.69) is 4.98 Å². The summed E-state index contributed by atoms with van der Waals surface area (Å²) < 4.78 is 23.1. The fourth-order valence-corrected chi connectivity index (χ4v) is 1.17. The molecule has 2 nitrogen and oxygen atoms in total. The highest BCUT2D eigenvalue weighted by molar-refractivity contribution is 5.79. The second-order valence-corrected chi connectivity index (χ2v) is 2.55. The lowest BCUT2D eigenvalue weighted by Gasteiger charge is -1.95. The van der Waals surface area contributed by atoms with Crippen molar-refractivity contribution in [3.63, 3.8) is 0 Å². The summed E-state index contributed by atoms with van der Waals surface area (Å²) in [7, 11) is 0. The highest BCUT2D eigenvalue weighted by atomic mass is 15.0. The summed E-state index contributed by atoms with van der Waals surface area (Å²) in [4.78, 5) is 4.07. The molecule has 56 valence electrons. The third kappa shape index (κ3) is 0.827. The minimum Gasteiger partial charge on any atom is -0.336 e. The average molecular weight is 149 g/mol. The Labute approximate surface area is 69.7 Å². The van der Waals surface area contributed by atoms with Gasteiger partial charge in [-0.15, -0.1) is 0 Å². The lowest BCUT2D eigenvalue weighted by atomic mass is 10.2. The molecular formula is C9H10N2. The van der Waals surface area contributed by atoms with Crippen LogP contribution < -0.4 is 0 Å². The molecule has 0 unspecified atom stereocenters. The van der Waals surface area contributed by atoms with Crippen LogP contribution in [0.15, 0.2) is 24.5 Å². The highest BCUT2D eigenvalue weighted by Crippen LogP contribution is 2.15. The van der Waals surface area contributed by atoms with E-state index in [-0.39, 0.29) is 0 Å². The summed E-state index contributed by atoms with van der Waals surface area (Å²) >= 11 is 0. The van der Waals surface area contributed by atoms with Gasteiger partial charge in [-0.1, -0.05) is 0 Å². The SMILES string of the molecule is [2H]C([2H])([2H])n1ccc2c(C)ccnc21. The molecule has 0 saturated carbocycles. The molecule has 0 atom stereocenters. The summed E-state index contributed by atoms with van der Waals surface area (Å²) in [6.07, 6.45) is 3.18. The molecule has 0 N–H and O–H groups in total. The van der Waals surface area contributed by atoms with Gasteiger partial charge in [0.2, 0.25) is 0 Å². The predicted molar refractivity (Wildman–Crippen MR) is 45.5 cm³/mol. The van der Waals surface area contributed by atoms with E-state index in [1.54, 1.807) is 18.5 Å². The van der Waals surface area contributed by atoms with Crippen LogP contribution in [0.25, 0.3) is 11.0 Å². The molecule has 2 heteroatoms. The van der Waals surface area contributed by atoms with Gasteiger partial charge in [-0.2, -0.15) is 0 Å². The number of nitrogens with zero attached hydrogens (tertiary/aromatic N) is 2. The number of hydrogen-bond donors (Lipinski definition) is 0. The Morgan fingerprint density at radius 1 is 1.55 bits per heavy atom. The van der Waals surface area contributed by atoms with E-state index in [1.165, 1.54) is 4.57 Å². The summed E-state index contributed by atoms with van der Waals surface area (Å²) in [6, 6.07) is 3.65. The maximum Gasteiger partial charge on any atom is 0.139 e. The quantitative estimate of drug-likeness (QED) is 0.559. The summed E-state index contributed by atoms with van der Waals surface area (Å²) in [5.41, 5.74) is 1.56. The van der Waals surface area contributed by atoms with Gasteiger partial charge in [0.1, 0.15) is 5.65 Å². The topological polar surface area (TPSA) is 17.8 Å². The molecule has 2 aromatic heterocycles. The molecule has 2 aromatic rings. The molecule has 0 amide bonds. The van der Waals surface area contributed by atoms with Crippen molar-refractivity contribution in [1.82, 2.24) is 9.55 Å². The standard InChI is InChI=1S/C9H10N2/c1-7-3-5-10-9-8(7)4-6-11(9)2/h3-6H,1-2H3/i2D3. The van der Waals surface area contributed by atoms with Crippen molar-refractivity contribution < 1.29 is 4.11 Å². The van der Waals surface area contributed by atoms with E-state index in [1.807, 2.05) is 13.0 Å². The first kappa shape index (κ1) is 3.90. The smallest absolute Gasteiger partial charge is 0.139 e. The number of aryl methyl sites for hydroxylation is 2. The van der Waals surface area contributed by atoms with Crippen LogP contribution in [0, 0.1) is 6.92 Å². The van der Waals surface area contributed by atoms with E-state index in [0.717, 1.165) is 10.9 Å². The highest BCUT2D eigenvalue weighted by Gasteiger charge is 1.99. The van der Waals surface area contributed by atoms with Gasteiger partial charge in [0, 0.05) is 28.9 Å². The van der Waals surface area contributed by atoms with Crippen LogP contribution in [0.1, 0.15) is 9.68 Å². The zero-order valence-corrected chi connectivity index (χ0v) is 6.20. The van der Waals surface area contributed by atoms with E-state index >= 15 is 0 Å². The Hall–Kier alpha value is -1.31. The summed E-state index contributed by atoms with van der Waals surface area (Å²) in [5.74, 6) is 0. The Morgan fingerprint density at radius 3 is 3.27 bits per heavy atom. The molecule has 0 aliphatic rings. The van der Waals surface area contributed by atoms with Crippen LogP contribution in [0.4, 0.5) is 0 Å². The van der Waals surface area contributed by atoms with Crippen molar-refractivity contribution in [3.05, 3.63) is 30.1 Å². The van der Waals surface area contributed by atoms with Gasteiger partial charge in [0.25, 0.3) is 0 Å². The van der Waals surface area contributed by atoms with Crippen LogP contribution >= 0.6 is 0 Å². The first-order valence-electron chi connectivity index (χ1n) is 4.93. The minimum absolute atomic E-state index is 0.519. The average Bonchev–Trinajstić information content (AvgIpc) is 2.47. The van der Waals surface area contributed by atoms with Crippen molar-refractivity contribution in [2.45, 2.75) is 6.92 Å². The molecule has 11 heavy (non-hydrogen) atoms. The van der Waals surface area contributed by atoms with E-state index in [4.69, 9.17) is 4.11 Å². The second kappa shape index (κ2) is 2.09. The maximum absolute atomic E-state index is 7.30. The molecule has 2 heterocycles. The fourth-order valence-electron chi connectivity index (χ4n) is 1.17. The molecule has 2 rings (SSSR count). The molecule has 0 aromatic carbocycles. The lowest BCUT2D eigenvalue weighted by Crippen LogP contribution is -1.87. The largest absolute Gasteiger partial charge is 0.336 e. The summed E-state index contributed by atoms with van der Waals surface area (Å²) in [5, 5.41) is 0.892. The van der Waals surface area contributed by atoms with Gasteiger partial charge in [-0.3, -0.25) is 0 Å². The molecule has 0 fully saturated rings. The molecule has 0 aliphatic carbocycles. The van der Waals surface area contributed by atoms with Crippen LogP contribution in [-0.2, 0) is 6.98 Å². The van der Waals surface area contributed by atoms with Gasteiger partial charge in [0.15, 0.2) is 0 Å². The van der Waals surface area contributed by atoms with Crippen LogP contribution in [0.2, 0.25) is 0 Å². The zero-order valence-electron chi connectivity index (χ0n) is 9.20. The number of fused-ring (bicyclic) bond motifs is 1. The Balaban J connectivity index is 2.76. The van der Waals surface area contributed by atoms with Crippen molar-refractivity contribution in [3.8, 4) is 0 Å². The van der Waals surface area contributed by atoms with Crippen molar-refractivity contribution in [2.24, 2.45) is 6.98 Å². The molecule has 0 bridgehead atoms. The van der Waals surface area contributed by atoms with Gasteiger partial charge < -0.3 is 4.57 Å². The van der Waals surface area contributed by atoms with E-state index in [0.29, 0.717) is 5.65 Å². The van der Waals surface area contributed by atoms with E-state index in [9.17, 15) is 0 Å². The Kier molecular flexibility index (Phi) is 0.741. The first-order valence-corrected chi connectivity index (χ1v) is 3.43. The minimum atomic E-state index is -2.15. The second-order valence-electron chi connectivity index (χ2n) is 2.55. The molecule has 0 aliphatic heterocycles. The lowest BCUT2D eigenvalue weighted by molar-refractivity contribution is 0.948. The molecule has 0 radical (unpaired) electrons. The fraction of sp³-hybridized carbons (Fsp3) is 0.222. The van der Waals surface area contributed by atoms with E-state index < -0.39 is 6.98 Å². The third-order valence-corrected chi connectivity index (χ3v) is 1.81. The monoisotopic (exact) mass is 149 g/mol. The molecule has 0 saturated heterocycles.